The molecule has 154 valence electrons. The van der Waals surface area contributed by atoms with E-state index in [1.807, 2.05) is 25.2 Å². The number of hydrogen-bond acceptors (Lipinski definition) is 6. The van der Waals surface area contributed by atoms with Crippen molar-refractivity contribution < 1.29 is 9.18 Å². The van der Waals surface area contributed by atoms with Crippen molar-refractivity contribution in [3.05, 3.63) is 41.8 Å². The van der Waals surface area contributed by atoms with E-state index in [1.54, 1.807) is 10.9 Å². The van der Waals surface area contributed by atoms with Crippen LogP contribution in [0.5, 0.6) is 0 Å². The summed E-state index contributed by atoms with van der Waals surface area (Å²) in [6.07, 6.45) is 2.52. The van der Waals surface area contributed by atoms with Gasteiger partial charge in [-0.3, -0.25) is 9.48 Å². The minimum atomic E-state index is -0.774. The van der Waals surface area contributed by atoms with E-state index in [0.29, 0.717) is 18.2 Å². The molecule has 0 saturated heterocycles. The lowest BCUT2D eigenvalue weighted by Gasteiger charge is -2.21. The molecule has 0 bridgehead atoms. The summed E-state index contributed by atoms with van der Waals surface area (Å²) >= 11 is 0. The number of nitrogens with one attached hydrogen (secondary N) is 2. The maximum absolute atomic E-state index is 14.6. The van der Waals surface area contributed by atoms with Crippen LogP contribution >= 0.6 is 0 Å². The first-order valence-electron chi connectivity index (χ1n) is 9.44. The molecule has 0 saturated carbocycles. The third-order valence-corrected chi connectivity index (χ3v) is 4.63. The Labute approximate surface area is 168 Å². The number of amides is 1. The van der Waals surface area contributed by atoms with Gasteiger partial charge in [0.05, 0.1) is 17.3 Å². The van der Waals surface area contributed by atoms with Crippen molar-refractivity contribution in [2.45, 2.75) is 26.3 Å². The average Bonchev–Trinajstić information content (AvgIpc) is 3.03. The molecule has 0 aliphatic rings. The molecule has 0 aliphatic heterocycles. The van der Waals surface area contributed by atoms with Gasteiger partial charge in [0.15, 0.2) is 11.6 Å². The molecule has 3 rings (SSSR count). The van der Waals surface area contributed by atoms with Gasteiger partial charge >= 0.3 is 0 Å². The molecule has 1 aromatic carbocycles. The summed E-state index contributed by atoms with van der Waals surface area (Å²) in [5.74, 6) is -0.857. The van der Waals surface area contributed by atoms with Crippen molar-refractivity contribution in [1.29, 1.82) is 0 Å². The van der Waals surface area contributed by atoms with Crippen molar-refractivity contribution in [2.75, 3.05) is 17.2 Å². The standard InChI is InChI=1S/C20H26FN7O/c1-11(2)6-14(9-22)26-20-16(21)8-15(18(23)29)19(27-20)25-13-5-4-12-10-24-28(3)17(12)7-13/h4-5,7-8,10-11,14H,6,9,22H2,1-3H3,(H2,23,29)(H2,25,26,27)/t14-/m1/s1. The minimum Gasteiger partial charge on any atom is -0.365 e. The highest BCUT2D eigenvalue weighted by Crippen LogP contribution is 2.26. The molecule has 1 atom stereocenters. The van der Waals surface area contributed by atoms with Crippen LogP contribution in [-0.2, 0) is 7.05 Å². The highest BCUT2D eigenvalue weighted by molar-refractivity contribution is 5.99. The Morgan fingerprint density at radius 3 is 2.69 bits per heavy atom. The normalized spacial score (nSPS) is 12.3. The lowest BCUT2D eigenvalue weighted by Crippen LogP contribution is -2.31. The summed E-state index contributed by atoms with van der Waals surface area (Å²) in [4.78, 5) is 16.1. The number of primary amides is 1. The van der Waals surface area contributed by atoms with E-state index in [4.69, 9.17) is 11.5 Å². The third kappa shape index (κ3) is 4.62. The smallest absolute Gasteiger partial charge is 0.252 e. The number of rotatable bonds is 8. The van der Waals surface area contributed by atoms with Crippen LogP contribution in [0.3, 0.4) is 0 Å². The molecule has 1 amide bonds. The maximum Gasteiger partial charge on any atom is 0.252 e. The van der Waals surface area contributed by atoms with Crippen molar-refractivity contribution in [3.8, 4) is 0 Å². The molecule has 0 aliphatic carbocycles. The Balaban J connectivity index is 1.96. The molecule has 9 heteroatoms. The number of aryl methyl sites for hydroxylation is 1. The Kier molecular flexibility index (Phi) is 5.97. The van der Waals surface area contributed by atoms with E-state index in [-0.39, 0.29) is 23.2 Å². The number of carbonyl (C=O) groups excluding carboxylic acids is 1. The minimum absolute atomic E-state index is 0.0233. The molecule has 0 unspecified atom stereocenters. The number of hydrogen-bond donors (Lipinski definition) is 4. The number of pyridine rings is 1. The third-order valence-electron chi connectivity index (χ3n) is 4.63. The molecule has 2 aromatic heterocycles. The van der Waals surface area contributed by atoms with E-state index in [2.05, 4.69) is 34.6 Å². The van der Waals surface area contributed by atoms with E-state index in [0.717, 1.165) is 23.4 Å². The number of halogens is 1. The summed E-state index contributed by atoms with van der Waals surface area (Å²) in [5, 5.41) is 11.3. The molecule has 0 fully saturated rings. The van der Waals surface area contributed by atoms with E-state index < -0.39 is 11.7 Å². The SMILES string of the molecule is CC(C)C[C@H](CN)Nc1nc(Nc2ccc3cnn(C)c3c2)c(C(N)=O)cc1F. The Bertz CT molecular complexity index is 1030. The monoisotopic (exact) mass is 399 g/mol. The molecule has 8 nitrogen and oxygen atoms in total. The Morgan fingerprint density at radius 1 is 1.28 bits per heavy atom. The number of nitrogens with two attached hydrogens (primary N) is 2. The molecule has 0 spiro atoms. The van der Waals surface area contributed by atoms with Gasteiger partial charge in [0.25, 0.3) is 5.91 Å². The van der Waals surface area contributed by atoms with Gasteiger partial charge in [-0.15, -0.1) is 0 Å². The Morgan fingerprint density at radius 2 is 2.03 bits per heavy atom. The molecule has 2 heterocycles. The van der Waals surface area contributed by atoms with E-state index in [1.165, 1.54) is 0 Å². The fourth-order valence-electron chi connectivity index (χ4n) is 3.21. The van der Waals surface area contributed by atoms with Crippen molar-refractivity contribution >= 4 is 34.1 Å². The lowest BCUT2D eigenvalue weighted by atomic mass is 10.0. The van der Waals surface area contributed by atoms with Crippen LogP contribution in [-0.4, -0.2) is 33.3 Å². The predicted octanol–water partition coefficient (Wildman–Crippen LogP) is 2.74. The zero-order valence-electron chi connectivity index (χ0n) is 16.7. The second kappa shape index (κ2) is 8.44. The summed E-state index contributed by atoms with van der Waals surface area (Å²) < 4.78 is 16.3. The van der Waals surface area contributed by atoms with Crippen molar-refractivity contribution in [2.24, 2.45) is 24.4 Å². The first kappa shape index (κ1) is 20.5. The molecule has 3 aromatic rings. The zero-order valence-corrected chi connectivity index (χ0v) is 16.7. The van der Waals surface area contributed by atoms with Gasteiger partial charge in [-0.2, -0.15) is 5.10 Å². The van der Waals surface area contributed by atoms with Crippen molar-refractivity contribution in [1.82, 2.24) is 14.8 Å². The van der Waals surface area contributed by atoms with Gasteiger partial charge in [0, 0.05) is 30.7 Å². The largest absolute Gasteiger partial charge is 0.365 e. The van der Waals surface area contributed by atoms with E-state index in [9.17, 15) is 9.18 Å². The van der Waals surface area contributed by atoms with Gasteiger partial charge in [-0.05, 0) is 36.6 Å². The average molecular weight is 399 g/mol. The maximum atomic E-state index is 14.6. The summed E-state index contributed by atoms with van der Waals surface area (Å²) in [7, 11) is 1.83. The first-order chi connectivity index (χ1) is 13.8. The number of anilines is 3. The van der Waals surface area contributed by atoms with Gasteiger partial charge in [-0.25, -0.2) is 9.37 Å². The lowest BCUT2D eigenvalue weighted by molar-refractivity contribution is 0.100. The number of benzene rings is 1. The quantitative estimate of drug-likeness (QED) is 0.462. The first-order valence-corrected chi connectivity index (χ1v) is 9.44. The summed E-state index contributed by atoms with van der Waals surface area (Å²) in [6.45, 7) is 4.45. The summed E-state index contributed by atoms with van der Waals surface area (Å²) in [6, 6.07) is 6.53. The highest BCUT2D eigenvalue weighted by Gasteiger charge is 2.19. The fraction of sp³-hybridized carbons (Fsp3) is 0.350. The number of fused-ring (bicyclic) bond motifs is 1. The van der Waals surface area contributed by atoms with Crippen LogP contribution in [0.1, 0.15) is 30.6 Å². The Hall–Kier alpha value is -3.20. The topological polar surface area (TPSA) is 124 Å². The second-order valence-electron chi connectivity index (χ2n) is 7.45. The van der Waals surface area contributed by atoms with Crippen LogP contribution in [0, 0.1) is 11.7 Å². The molecule has 29 heavy (non-hydrogen) atoms. The fourth-order valence-corrected chi connectivity index (χ4v) is 3.21. The molecular formula is C20H26FN7O. The van der Waals surface area contributed by atoms with Crippen LogP contribution in [0.25, 0.3) is 10.9 Å². The summed E-state index contributed by atoms with van der Waals surface area (Å²) in [5.41, 5.74) is 12.8. The number of carbonyl (C=O) groups is 1. The van der Waals surface area contributed by atoms with Gasteiger partial charge in [0.2, 0.25) is 0 Å². The number of nitrogens with zero attached hydrogens (tertiary/aromatic N) is 3. The molecule has 6 N–H and O–H groups in total. The van der Waals surface area contributed by atoms with Gasteiger partial charge < -0.3 is 22.1 Å². The number of aromatic nitrogens is 3. The second-order valence-corrected chi connectivity index (χ2v) is 7.45. The predicted molar refractivity (Wildman–Crippen MR) is 113 cm³/mol. The van der Waals surface area contributed by atoms with E-state index >= 15 is 0 Å². The van der Waals surface area contributed by atoms with Crippen LogP contribution < -0.4 is 22.1 Å². The highest BCUT2D eigenvalue weighted by atomic mass is 19.1. The van der Waals surface area contributed by atoms with Gasteiger partial charge in [0.1, 0.15) is 5.82 Å². The van der Waals surface area contributed by atoms with Crippen LogP contribution in [0.15, 0.2) is 30.5 Å². The molecule has 0 radical (unpaired) electrons. The van der Waals surface area contributed by atoms with Crippen molar-refractivity contribution in [3.63, 3.8) is 0 Å². The zero-order chi connectivity index (χ0) is 21.1. The van der Waals surface area contributed by atoms with Crippen LogP contribution in [0.2, 0.25) is 0 Å². The molecular weight excluding hydrogens is 373 g/mol. The van der Waals surface area contributed by atoms with Crippen LogP contribution in [0.4, 0.5) is 21.7 Å². The van der Waals surface area contributed by atoms with Gasteiger partial charge in [-0.1, -0.05) is 13.8 Å².